The van der Waals surface area contributed by atoms with E-state index in [1.54, 1.807) is 7.11 Å². The van der Waals surface area contributed by atoms with Gasteiger partial charge >= 0.3 is 0 Å². The number of aryl methyl sites for hydroxylation is 1. The summed E-state index contributed by atoms with van der Waals surface area (Å²) in [7, 11) is 1.64. The van der Waals surface area contributed by atoms with Crippen molar-refractivity contribution in [3.8, 4) is 5.75 Å². The van der Waals surface area contributed by atoms with Gasteiger partial charge in [0, 0.05) is 6.54 Å². The molecule has 1 fully saturated rings. The molecule has 4 nitrogen and oxygen atoms in total. The molecule has 0 aliphatic carbocycles. The predicted molar refractivity (Wildman–Crippen MR) is 82.5 cm³/mol. The number of aliphatic hydroxyl groups is 1. The van der Waals surface area contributed by atoms with Crippen LogP contribution < -0.4 is 4.74 Å². The maximum atomic E-state index is 12.5. The Morgan fingerprint density at radius 3 is 2.90 bits per heavy atom. The van der Waals surface area contributed by atoms with Gasteiger partial charge in [-0.25, -0.2) is 0 Å². The minimum atomic E-state index is -0.0210. The first kappa shape index (κ1) is 15.8. The van der Waals surface area contributed by atoms with Crippen LogP contribution in [0.3, 0.4) is 0 Å². The molecule has 1 aliphatic rings. The highest BCUT2D eigenvalue weighted by molar-refractivity contribution is 5.79. The molecule has 0 spiro atoms. The predicted octanol–water partition coefficient (Wildman–Crippen LogP) is 2.31. The van der Waals surface area contributed by atoms with Gasteiger partial charge in [-0.2, -0.15) is 0 Å². The summed E-state index contributed by atoms with van der Waals surface area (Å²) >= 11 is 0. The molecule has 1 amide bonds. The quantitative estimate of drug-likeness (QED) is 0.926. The first-order valence-electron chi connectivity index (χ1n) is 7.69. The van der Waals surface area contributed by atoms with E-state index < -0.39 is 0 Å². The van der Waals surface area contributed by atoms with Gasteiger partial charge in [-0.15, -0.1) is 0 Å². The van der Waals surface area contributed by atoms with Crippen LogP contribution in [-0.4, -0.2) is 42.2 Å². The standard InChI is InChI=1S/C17H25NO3/c1-13-7-8-14(10-16(13)21-2)11-17(20)18-9-5-3-4-6-15(18)12-19/h7-8,10,15,19H,3-6,9,11-12H2,1-2H3. The lowest BCUT2D eigenvalue weighted by molar-refractivity contribution is -0.133. The van der Waals surface area contributed by atoms with Gasteiger partial charge in [0.05, 0.1) is 26.2 Å². The Labute approximate surface area is 126 Å². The summed E-state index contributed by atoms with van der Waals surface area (Å²) < 4.78 is 5.31. The van der Waals surface area contributed by atoms with Crippen molar-refractivity contribution in [1.82, 2.24) is 4.90 Å². The molecule has 116 valence electrons. The zero-order chi connectivity index (χ0) is 15.2. The van der Waals surface area contributed by atoms with E-state index in [-0.39, 0.29) is 18.6 Å². The molecule has 2 rings (SSSR count). The maximum Gasteiger partial charge on any atom is 0.227 e. The van der Waals surface area contributed by atoms with Gasteiger partial charge < -0.3 is 14.7 Å². The summed E-state index contributed by atoms with van der Waals surface area (Å²) in [6, 6.07) is 5.86. The second-order valence-electron chi connectivity index (χ2n) is 5.75. The molecule has 4 heteroatoms. The number of nitrogens with zero attached hydrogens (tertiary/aromatic N) is 1. The highest BCUT2D eigenvalue weighted by Crippen LogP contribution is 2.21. The molecule has 1 unspecified atom stereocenters. The lowest BCUT2D eigenvalue weighted by atomic mass is 10.1. The number of likely N-dealkylation sites (tertiary alicyclic amines) is 1. The minimum Gasteiger partial charge on any atom is -0.496 e. The zero-order valence-electron chi connectivity index (χ0n) is 13.0. The number of hydrogen-bond acceptors (Lipinski definition) is 3. The van der Waals surface area contributed by atoms with Crippen molar-refractivity contribution in [2.24, 2.45) is 0 Å². The minimum absolute atomic E-state index is 0.0210. The van der Waals surface area contributed by atoms with E-state index in [4.69, 9.17) is 4.74 Å². The smallest absolute Gasteiger partial charge is 0.227 e. The molecule has 21 heavy (non-hydrogen) atoms. The molecule has 1 N–H and O–H groups in total. The van der Waals surface area contributed by atoms with Gasteiger partial charge in [0.2, 0.25) is 5.91 Å². The Balaban J connectivity index is 2.08. The zero-order valence-corrected chi connectivity index (χ0v) is 13.0. The molecule has 0 saturated carbocycles. The SMILES string of the molecule is COc1cc(CC(=O)N2CCCCCC2CO)ccc1C. The Kier molecular flexibility index (Phi) is 5.62. The Morgan fingerprint density at radius 2 is 2.19 bits per heavy atom. The lowest BCUT2D eigenvalue weighted by Gasteiger charge is -2.28. The van der Waals surface area contributed by atoms with Crippen molar-refractivity contribution >= 4 is 5.91 Å². The van der Waals surface area contributed by atoms with Crippen molar-refractivity contribution in [2.45, 2.75) is 45.1 Å². The van der Waals surface area contributed by atoms with Crippen LogP contribution in [-0.2, 0) is 11.2 Å². The van der Waals surface area contributed by atoms with Crippen molar-refractivity contribution in [1.29, 1.82) is 0 Å². The molecule has 1 aromatic rings. The molecule has 1 heterocycles. The van der Waals surface area contributed by atoms with Crippen LogP contribution in [0.1, 0.15) is 36.8 Å². The molecule has 1 aromatic carbocycles. The molecule has 1 saturated heterocycles. The number of hydrogen-bond donors (Lipinski definition) is 1. The lowest BCUT2D eigenvalue weighted by Crippen LogP contribution is -2.42. The second-order valence-corrected chi connectivity index (χ2v) is 5.75. The van der Waals surface area contributed by atoms with Crippen molar-refractivity contribution < 1.29 is 14.6 Å². The first-order chi connectivity index (χ1) is 10.2. The molecule has 1 aliphatic heterocycles. The van der Waals surface area contributed by atoms with E-state index in [9.17, 15) is 9.90 Å². The average Bonchev–Trinajstić information content (AvgIpc) is 2.74. The average molecular weight is 291 g/mol. The summed E-state index contributed by atoms with van der Waals surface area (Å²) in [5.41, 5.74) is 2.03. The number of methoxy groups -OCH3 is 1. The van der Waals surface area contributed by atoms with Crippen LogP contribution in [0, 0.1) is 6.92 Å². The third kappa shape index (κ3) is 3.97. The van der Waals surface area contributed by atoms with Crippen LogP contribution in [0.25, 0.3) is 0 Å². The Morgan fingerprint density at radius 1 is 1.38 bits per heavy atom. The normalized spacial score (nSPS) is 19.2. The van der Waals surface area contributed by atoms with Crippen molar-refractivity contribution in [2.75, 3.05) is 20.3 Å². The maximum absolute atomic E-state index is 12.5. The van der Waals surface area contributed by atoms with Gasteiger partial charge in [0.1, 0.15) is 5.75 Å². The van der Waals surface area contributed by atoms with E-state index in [1.165, 1.54) is 0 Å². The Bertz CT molecular complexity index is 487. The van der Waals surface area contributed by atoms with Gasteiger partial charge in [-0.05, 0) is 37.0 Å². The van der Waals surface area contributed by atoms with Gasteiger partial charge in [-0.1, -0.05) is 25.0 Å². The van der Waals surface area contributed by atoms with Gasteiger partial charge in [0.15, 0.2) is 0 Å². The fraction of sp³-hybridized carbons (Fsp3) is 0.588. The number of aliphatic hydroxyl groups excluding tert-OH is 1. The first-order valence-corrected chi connectivity index (χ1v) is 7.69. The van der Waals surface area contributed by atoms with E-state index in [2.05, 4.69) is 0 Å². The van der Waals surface area contributed by atoms with E-state index in [0.29, 0.717) is 6.42 Å². The van der Waals surface area contributed by atoms with Gasteiger partial charge in [-0.3, -0.25) is 4.79 Å². The Hall–Kier alpha value is -1.55. The molecule has 0 aromatic heterocycles. The fourth-order valence-corrected chi connectivity index (χ4v) is 2.95. The summed E-state index contributed by atoms with van der Waals surface area (Å²) in [6.45, 7) is 2.80. The summed E-state index contributed by atoms with van der Waals surface area (Å²) in [5.74, 6) is 0.914. The van der Waals surface area contributed by atoms with Gasteiger partial charge in [0.25, 0.3) is 0 Å². The highest BCUT2D eigenvalue weighted by atomic mass is 16.5. The molecule has 0 radical (unpaired) electrons. The molecule has 1 atom stereocenters. The number of ether oxygens (including phenoxy) is 1. The van der Waals surface area contributed by atoms with Crippen molar-refractivity contribution in [3.05, 3.63) is 29.3 Å². The van der Waals surface area contributed by atoms with Crippen LogP contribution in [0.2, 0.25) is 0 Å². The summed E-state index contributed by atoms with van der Waals surface area (Å²) in [4.78, 5) is 14.4. The van der Waals surface area contributed by atoms with Crippen LogP contribution in [0.4, 0.5) is 0 Å². The number of rotatable bonds is 4. The number of amides is 1. The topological polar surface area (TPSA) is 49.8 Å². The number of carbonyl (C=O) groups excluding carboxylic acids is 1. The van der Waals surface area contributed by atoms with E-state index in [1.807, 2.05) is 30.0 Å². The fourth-order valence-electron chi connectivity index (χ4n) is 2.95. The second kappa shape index (κ2) is 7.46. The van der Waals surface area contributed by atoms with Crippen molar-refractivity contribution in [3.63, 3.8) is 0 Å². The van der Waals surface area contributed by atoms with E-state index >= 15 is 0 Å². The van der Waals surface area contributed by atoms with E-state index in [0.717, 1.165) is 49.1 Å². The van der Waals surface area contributed by atoms with Crippen LogP contribution in [0.5, 0.6) is 5.75 Å². The summed E-state index contributed by atoms with van der Waals surface area (Å²) in [5, 5.41) is 9.51. The monoisotopic (exact) mass is 291 g/mol. The number of benzene rings is 1. The summed E-state index contributed by atoms with van der Waals surface area (Å²) in [6.07, 6.45) is 4.53. The van der Waals surface area contributed by atoms with Crippen LogP contribution in [0.15, 0.2) is 18.2 Å². The number of carbonyl (C=O) groups is 1. The molecular weight excluding hydrogens is 266 g/mol. The van der Waals surface area contributed by atoms with Crippen LogP contribution >= 0.6 is 0 Å². The molecule has 0 bridgehead atoms. The third-order valence-electron chi connectivity index (χ3n) is 4.24. The molecular formula is C17H25NO3. The third-order valence-corrected chi connectivity index (χ3v) is 4.24. The highest BCUT2D eigenvalue weighted by Gasteiger charge is 2.24. The largest absolute Gasteiger partial charge is 0.496 e.